The molecule has 2 N–H and O–H groups in total. The second-order valence-electron chi connectivity index (χ2n) is 9.34. The predicted octanol–water partition coefficient (Wildman–Crippen LogP) is 3.26. The van der Waals surface area contributed by atoms with Crippen molar-refractivity contribution in [1.82, 2.24) is 29.5 Å². The highest BCUT2D eigenvalue weighted by molar-refractivity contribution is 6.30. The van der Waals surface area contributed by atoms with Gasteiger partial charge in [-0.3, -0.25) is 19.4 Å². The maximum atomic E-state index is 13.3. The molecule has 40 heavy (non-hydrogen) atoms. The molecule has 0 bridgehead atoms. The molecule has 1 aliphatic rings. The average molecular weight is 559 g/mol. The lowest BCUT2D eigenvalue weighted by molar-refractivity contribution is -0.122. The number of nitrogens with one attached hydrogen (secondary N) is 2. The minimum absolute atomic E-state index is 0.0618. The van der Waals surface area contributed by atoms with E-state index in [1.165, 1.54) is 15.6 Å². The molecule has 6 rings (SSSR count). The second-order valence-corrected chi connectivity index (χ2v) is 9.77. The van der Waals surface area contributed by atoms with E-state index in [2.05, 4.69) is 25.5 Å². The highest BCUT2D eigenvalue weighted by Gasteiger charge is 2.35. The minimum Gasteiger partial charge on any atom is -0.497 e. The molecule has 1 unspecified atom stereocenters. The summed E-state index contributed by atoms with van der Waals surface area (Å²) in [6.45, 7) is 1.98. The molecule has 0 spiro atoms. The zero-order valence-electron chi connectivity index (χ0n) is 21.5. The second kappa shape index (κ2) is 9.97. The number of amides is 2. The SMILES string of the molecule is COc1ccc(N2CC(C(=O)Nc3cc(C)nn3-c3nc4c(cnn4-c4ccc(Cl)cc4)c(=O)[nH]3)CC2=O)cc1. The number of nitrogens with zero attached hydrogens (tertiary/aromatic N) is 6. The van der Waals surface area contributed by atoms with Gasteiger partial charge in [-0.15, -0.1) is 0 Å². The van der Waals surface area contributed by atoms with Crippen LogP contribution < -0.4 is 20.5 Å². The summed E-state index contributed by atoms with van der Waals surface area (Å²) in [6, 6.07) is 15.7. The van der Waals surface area contributed by atoms with E-state index in [9.17, 15) is 14.4 Å². The molecule has 202 valence electrons. The third-order valence-corrected chi connectivity index (χ3v) is 6.91. The maximum absolute atomic E-state index is 13.3. The van der Waals surface area contributed by atoms with Crippen molar-refractivity contribution < 1.29 is 14.3 Å². The van der Waals surface area contributed by atoms with Gasteiger partial charge in [-0.2, -0.15) is 19.9 Å². The zero-order chi connectivity index (χ0) is 28.0. The van der Waals surface area contributed by atoms with Gasteiger partial charge in [0.05, 0.1) is 30.6 Å². The number of anilines is 2. The van der Waals surface area contributed by atoms with Crippen LogP contribution in [0.5, 0.6) is 5.75 Å². The molecule has 2 amide bonds. The van der Waals surface area contributed by atoms with E-state index in [0.29, 0.717) is 39.3 Å². The number of halogens is 1. The molecule has 3 aromatic heterocycles. The first kappa shape index (κ1) is 25.3. The van der Waals surface area contributed by atoms with E-state index in [4.69, 9.17) is 16.3 Å². The van der Waals surface area contributed by atoms with E-state index in [0.717, 1.165) is 0 Å². The first-order chi connectivity index (χ1) is 19.3. The number of methoxy groups -OCH3 is 1. The molecule has 1 aliphatic heterocycles. The van der Waals surface area contributed by atoms with Crippen LogP contribution in [0.1, 0.15) is 12.1 Å². The van der Waals surface area contributed by atoms with Gasteiger partial charge in [-0.1, -0.05) is 11.6 Å². The van der Waals surface area contributed by atoms with Crippen molar-refractivity contribution in [3.8, 4) is 17.4 Å². The number of aryl methyl sites for hydroxylation is 1. The Kier molecular flexibility index (Phi) is 6.31. The topological polar surface area (TPSA) is 140 Å². The Morgan fingerprint density at radius 1 is 1.07 bits per heavy atom. The number of hydrogen-bond acceptors (Lipinski definition) is 7. The fourth-order valence-electron chi connectivity index (χ4n) is 4.65. The zero-order valence-corrected chi connectivity index (χ0v) is 22.2. The van der Waals surface area contributed by atoms with Gasteiger partial charge in [-0.25, -0.2) is 4.68 Å². The third kappa shape index (κ3) is 4.58. The lowest BCUT2D eigenvalue weighted by Gasteiger charge is -2.17. The van der Waals surface area contributed by atoms with Crippen molar-refractivity contribution in [2.45, 2.75) is 13.3 Å². The van der Waals surface area contributed by atoms with Crippen LogP contribution in [0.4, 0.5) is 11.5 Å². The van der Waals surface area contributed by atoms with Crippen LogP contribution >= 0.6 is 11.6 Å². The molecule has 0 saturated carbocycles. The quantitative estimate of drug-likeness (QED) is 0.326. The molecule has 4 heterocycles. The van der Waals surface area contributed by atoms with Gasteiger partial charge in [-0.05, 0) is 55.5 Å². The van der Waals surface area contributed by atoms with Crippen molar-refractivity contribution in [2.24, 2.45) is 5.92 Å². The highest BCUT2D eigenvalue weighted by Crippen LogP contribution is 2.28. The van der Waals surface area contributed by atoms with Gasteiger partial charge in [0.1, 0.15) is 17.0 Å². The Labute approximate surface area is 232 Å². The average Bonchev–Trinajstić information content (AvgIpc) is 3.66. The van der Waals surface area contributed by atoms with E-state index < -0.39 is 11.5 Å². The monoisotopic (exact) mass is 558 g/mol. The molecular formula is C27H23ClN8O4. The largest absolute Gasteiger partial charge is 0.497 e. The van der Waals surface area contributed by atoms with Crippen molar-refractivity contribution in [3.63, 3.8) is 0 Å². The molecular weight excluding hydrogens is 536 g/mol. The predicted molar refractivity (Wildman–Crippen MR) is 148 cm³/mol. The van der Waals surface area contributed by atoms with Crippen LogP contribution in [-0.2, 0) is 9.59 Å². The van der Waals surface area contributed by atoms with Crippen molar-refractivity contribution in [2.75, 3.05) is 23.9 Å². The van der Waals surface area contributed by atoms with Crippen molar-refractivity contribution in [1.29, 1.82) is 0 Å². The summed E-state index contributed by atoms with van der Waals surface area (Å²) in [5.41, 5.74) is 1.84. The number of H-pyrrole nitrogens is 1. The number of fused-ring (bicyclic) bond motifs is 1. The lowest BCUT2D eigenvalue weighted by Crippen LogP contribution is -2.28. The molecule has 12 nitrogen and oxygen atoms in total. The Hall–Kier alpha value is -4.97. The number of aromatic amines is 1. The lowest BCUT2D eigenvalue weighted by atomic mass is 10.1. The van der Waals surface area contributed by atoms with Crippen molar-refractivity contribution in [3.05, 3.63) is 81.9 Å². The fourth-order valence-corrected chi connectivity index (χ4v) is 4.78. The van der Waals surface area contributed by atoms with Crippen LogP contribution in [0.3, 0.4) is 0 Å². The number of benzene rings is 2. The normalized spacial score (nSPS) is 15.1. The number of rotatable bonds is 6. The molecule has 0 aliphatic carbocycles. The summed E-state index contributed by atoms with van der Waals surface area (Å²) in [6.07, 6.45) is 1.49. The molecule has 5 aromatic rings. The van der Waals surface area contributed by atoms with Gasteiger partial charge in [0.15, 0.2) is 5.65 Å². The first-order valence-corrected chi connectivity index (χ1v) is 12.7. The third-order valence-electron chi connectivity index (χ3n) is 6.66. The molecule has 0 radical (unpaired) electrons. The van der Waals surface area contributed by atoms with Gasteiger partial charge >= 0.3 is 0 Å². The van der Waals surface area contributed by atoms with E-state index >= 15 is 0 Å². The molecule has 1 fully saturated rings. The number of ether oxygens (including phenoxy) is 1. The number of aromatic nitrogens is 6. The van der Waals surface area contributed by atoms with Gasteiger partial charge in [0, 0.05) is 29.7 Å². The molecule has 13 heteroatoms. The summed E-state index contributed by atoms with van der Waals surface area (Å²) in [4.78, 5) is 47.8. The van der Waals surface area contributed by atoms with Crippen LogP contribution in [-0.4, -0.2) is 55.0 Å². The van der Waals surface area contributed by atoms with Gasteiger partial charge in [0.25, 0.3) is 5.56 Å². The highest BCUT2D eigenvalue weighted by atomic mass is 35.5. The Morgan fingerprint density at radius 3 is 2.52 bits per heavy atom. The summed E-state index contributed by atoms with van der Waals surface area (Å²) in [5, 5.41) is 12.5. The standard InChI is InChI=1S/C27H23ClN8O4/c1-15-11-22(30-25(38)16-12-23(37)34(14-16)18-7-9-20(40-2)10-8-18)36(33-15)27-31-24-21(26(39)32-27)13-29-35(24)19-5-3-17(28)4-6-19/h3-11,13,16H,12,14H2,1-2H3,(H,30,38)(H,31,32,39). The maximum Gasteiger partial charge on any atom is 0.263 e. The van der Waals surface area contributed by atoms with Crippen LogP contribution in [0, 0.1) is 12.8 Å². The molecule has 1 saturated heterocycles. The summed E-state index contributed by atoms with van der Waals surface area (Å²) < 4.78 is 8.06. The van der Waals surface area contributed by atoms with Gasteiger partial charge in [0.2, 0.25) is 17.8 Å². The summed E-state index contributed by atoms with van der Waals surface area (Å²) in [7, 11) is 1.57. The van der Waals surface area contributed by atoms with E-state index in [-0.39, 0.29) is 36.1 Å². The minimum atomic E-state index is -0.584. The summed E-state index contributed by atoms with van der Waals surface area (Å²) >= 11 is 6.02. The van der Waals surface area contributed by atoms with Crippen LogP contribution in [0.15, 0.2) is 65.6 Å². The fraction of sp³-hybridized carbons (Fsp3) is 0.185. The Bertz CT molecular complexity index is 1810. The molecule has 2 aromatic carbocycles. The first-order valence-electron chi connectivity index (χ1n) is 12.4. The van der Waals surface area contributed by atoms with E-state index in [1.54, 1.807) is 73.5 Å². The van der Waals surface area contributed by atoms with Crippen molar-refractivity contribution >= 4 is 46.0 Å². The Morgan fingerprint density at radius 2 is 1.80 bits per heavy atom. The van der Waals surface area contributed by atoms with E-state index in [1.807, 2.05) is 0 Å². The Balaban J connectivity index is 1.28. The molecule has 1 atom stereocenters. The number of carbonyl (C=O) groups excluding carboxylic acids is 2. The smallest absolute Gasteiger partial charge is 0.263 e. The van der Waals surface area contributed by atoms with Crippen LogP contribution in [0.2, 0.25) is 5.02 Å². The van der Waals surface area contributed by atoms with Crippen LogP contribution in [0.25, 0.3) is 22.7 Å². The summed E-state index contributed by atoms with van der Waals surface area (Å²) in [5.74, 6) is -0.00704. The number of hydrogen-bond donors (Lipinski definition) is 2. The van der Waals surface area contributed by atoms with Gasteiger partial charge < -0.3 is 15.0 Å². The number of carbonyl (C=O) groups is 2.